The van der Waals surface area contributed by atoms with E-state index in [2.05, 4.69) is 0 Å². The monoisotopic (exact) mass is 467 g/mol. The van der Waals surface area contributed by atoms with E-state index < -0.39 is 17.7 Å². The van der Waals surface area contributed by atoms with Gasteiger partial charge in [0, 0.05) is 25.8 Å². The van der Waals surface area contributed by atoms with E-state index >= 15 is 0 Å². The summed E-state index contributed by atoms with van der Waals surface area (Å²) >= 11 is 0. The molecule has 1 aliphatic heterocycles. The van der Waals surface area contributed by atoms with Crippen molar-refractivity contribution in [3.05, 3.63) is 65.2 Å². The molecule has 2 aromatic rings. The third-order valence-electron chi connectivity index (χ3n) is 5.54. The van der Waals surface area contributed by atoms with Crippen LogP contribution in [0.3, 0.4) is 0 Å². The van der Waals surface area contributed by atoms with E-state index in [0.717, 1.165) is 18.4 Å². The van der Waals surface area contributed by atoms with Crippen molar-refractivity contribution in [2.45, 2.75) is 39.2 Å². The van der Waals surface area contributed by atoms with E-state index in [1.165, 1.54) is 4.90 Å². The van der Waals surface area contributed by atoms with Crippen LogP contribution in [-0.4, -0.2) is 55.2 Å². The lowest BCUT2D eigenvalue weighted by atomic mass is 9.95. The maximum atomic E-state index is 13.1. The maximum absolute atomic E-state index is 13.1. The van der Waals surface area contributed by atoms with Gasteiger partial charge in [0.2, 0.25) is 0 Å². The summed E-state index contributed by atoms with van der Waals surface area (Å²) in [5, 5.41) is 11.2. The summed E-state index contributed by atoms with van der Waals surface area (Å²) in [6, 6.07) is 13.5. The number of likely N-dealkylation sites (tertiary alicyclic amines) is 1. The number of ether oxygens (including phenoxy) is 3. The minimum absolute atomic E-state index is 0.0669. The molecule has 1 atom stereocenters. The SMILES string of the molecule is CCCOc1ccc(C2C(=C(O)c3cccc(OCCC)c3)C(=O)C(=O)N2CCCOC)cc1. The van der Waals surface area contributed by atoms with Gasteiger partial charge in [0.15, 0.2) is 0 Å². The molecule has 1 N–H and O–H groups in total. The second kappa shape index (κ2) is 12.2. The van der Waals surface area contributed by atoms with Crippen LogP contribution in [0, 0.1) is 0 Å². The largest absolute Gasteiger partial charge is 0.507 e. The zero-order valence-electron chi connectivity index (χ0n) is 20.1. The van der Waals surface area contributed by atoms with E-state index in [0.29, 0.717) is 49.8 Å². The van der Waals surface area contributed by atoms with Crippen LogP contribution in [0.2, 0.25) is 0 Å². The number of carbonyl (C=O) groups is 2. The Balaban J connectivity index is 2.03. The highest BCUT2D eigenvalue weighted by Gasteiger charge is 2.45. The van der Waals surface area contributed by atoms with Crippen LogP contribution in [0.15, 0.2) is 54.1 Å². The highest BCUT2D eigenvalue weighted by atomic mass is 16.5. The van der Waals surface area contributed by atoms with Crippen molar-refractivity contribution in [2.75, 3.05) is 33.5 Å². The predicted molar refractivity (Wildman–Crippen MR) is 130 cm³/mol. The van der Waals surface area contributed by atoms with Crippen LogP contribution >= 0.6 is 0 Å². The normalized spacial score (nSPS) is 17.3. The number of rotatable bonds is 12. The number of hydrogen-bond donors (Lipinski definition) is 1. The number of nitrogens with zero attached hydrogens (tertiary/aromatic N) is 1. The van der Waals surface area contributed by atoms with Crippen LogP contribution in [0.4, 0.5) is 0 Å². The Morgan fingerprint density at radius 2 is 1.62 bits per heavy atom. The van der Waals surface area contributed by atoms with Gasteiger partial charge in [0.1, 0.15) is 17.3 Å². The topological polar surface area (TPSA) is 85.3 Å². The van der Waals surface area contributed by atoms with Crippen molar-refractivity contribution in [1.29, 1.82) is 0 Å². The molecule has 1 unspecified atom stereocenters. The number of carbonyl (C=O) groups excluding carboxylic acids is 2. The number of amides is 1. The van der Waals surface area contributed by atoms with Crippen molar-refractivity contribution >= 4 is 17.4 Å². The Morgan fingerprint density at radius 3 is 2.26 bits per heavy atom. The highest BCUT2D eigenvalue weighted by Crippen LogP contribution is 2.40. The minimum Gasteiger partial charge on any atom is -0.507 e. The van der Waals surface area contributed by atoms with Gasteiger partial charge >= 0.3 is 0 Å². The second-order valence-electron chi connectivity index (χ2n) is 8.13. The summed E-state index contributed by atoms with van der Waals surface area (Å²) < 4.78 is 16.5. The molecule has 0 saturated carbocycles. The Labute approximate surface area is 200 Å². The summed E-state index contributed by atoms with van der Waals surface area (Å²) in [5.74, 6) is -0.249. The Morgan fingerprint density at radius 1 is 0.941 bits per heavy atom. The third kappa shape index (κ3) is 5.78. The van der Waals surface area contributed by atoms with Crippen molar-refractivity contribution < 1.29 is 28.9 Å². The van der Waals surface area contributed by atoms with Crippen molar-refractivity contribution in [2.24, 2.45) is 0 Å². The molecule has 1 fully saturated rings. The average molecular weight is 468 g/mol. The lowest BCUT2D eigenvalue weighted by Gasteiger charge is -2.25. The Kier molecular flexibility index (Phi) is 9.10. The van der Waals surface area contributed by atoms with Gasteiger partial charge in [-0.25, -0.2) is 0 Å². The summed E-state index contributed by atoms with van der Waals surface area (Å²) in [4.78, 5) is 27.6. The van der Waals surface area contributed by atoms with Gasteiger partial charge in [0.05, 0.1) is 24.8 Å². The Hall–Kier alpha value is -3.32. The maximum Gasteiger partial charge on any atom is 0.295 e. The molecule has 7 nitrogen and oxygen atoms in total. The van der Waals surface area contributed by atoms with Gasteiger partial charge in [-0.3, -0.25) is 9.59 Å². The molecule has 7 heteroatoms. The van der Waals surface area contributed by atoms with Gasteiger partial charge in [-0.05, 0) is 49.1 Å². The van der Waals surface area contributed by atoms with E-state index in [-0.39, 0.29) is 11.3 Å². The standard InChI is InChI=1S/C27H33NO6/c1-4-15-33-21-12-10-19(11-13-21)24-23(26(30)27(31)28(24)14-7-17-32-3)25(29)20-8-6-9-22(18-20)34-16-5-2/h6,8-13,18,24,29H,4-5,7,14-17H2,1-3H3. The van der Waals surface area contributed by atoms with E-state index in [4.69, 9.17) is 14.2 Å². The predicted octanol–water partition coefficient (Wildman–Crippen LogP) is 4.72. The molecule has 1 aliphatic rings. The first-order chi connectivity index (χ1) is 16.5. The van der Waals surface area contributed by atoms with Gasteiger partial charge < -0.3 is 24.2 Å². The van der Waals surface area contributed by atoms with Crippen LogP contribution < -0.4 is 9.47 Å². The highest BCUT2D eigenvalue weighted by molar-refractivity contribution is 6.46. The van der Waals surface area contributed by atoms with Gasteiger partial charge in [-0.15, -0.1) is 0 Å². The molecule has 0 radical (unpaired) electrons. The number of aliphatic hydroxyl groups is 1. The van der Waals surface area contributed by atoms with Crippen LogP contribution in [0.5, 0.6) is 11.5 Å². The molecule has 3 rings (SSSR count). The Bertz CT molecular complexity index is 1010. The number of benzene rings is 2. The lowest BCUT2D eigenvalue weighted by Crippen LogP contribution is -2.31. The molecular weight excluding hydrogens is 434 g/mol. The minimum atomic E-state index is -0.711. The molecule has 34 heavy (non-hydrogen) atoms. The molecule has 0 aliphatic carbocycles. The van der Waals surface area contributed by atoms with Gasteiger partial charge in [-0.2, -0.15) is 0 Å². The van der Waals surface area contributed by atoms with Gasteiger partial charge in [-0.1, -0.05) is 38.1 Å². The quantitative estimate of drug-likeness (QED) is 0.210. The molecule has 182 valence electrons. The number of ketones is 1. The van der Waals surface area contributed by atoms with E-state index in [9.17, 15) is 14.7 Å². The molecule has 0 aromatic heterocycles. The van der Waals surface area contributed by atoms with Crippen LogP contribution in [-0.2, 0) is 14.3 Å². The number of Topliss-reactive ketones (excluding diaryl/α,β-unsaturated/α-hetero) is 1. The van der Waals surface area contributed by atoms with Crippen LogP contribution in [0.25, 0.3) is 5.76 Å². The van der Waals surface area contributed by atoms with Gasteiger partial charge in [0.25, 0.3) is 11.7 Å². The molecule has 1 saturated heterocycles. The third-order valence-corrected chi connectivity index (χ3v) is 5.54. The number of methoxy groups -OCH3 is 1. The summed E-state index contributed by atoms with van der Waals surface area (Å²) in [7, 11) is 1.59. The molecule has 2 aromatic carbocycles. The average Bonchev–Trinajstić information content (AvgIpc) is 3.11. The van der Waals surface area contributed by atoms with Crippen molar-refractivity contribution in [1.82, 2.24) is 4.90 Å². The molecule has 1 amide bonds. The van der Waals surface area contributed by atoms with E-state index in [1.54, 1.807) is 31.4 Å². The fourth-order valence-electron chi connectivity index (χ4n) is 3.91. The second-order valence-corrected chi connectivity index (χ2v) is 8.13. The molecule has 1 heterocycles. The summed E-state index contributed by atoms with van der Waals surface area (Å²) in [5.41, 5.74) is 1.22. The first-order valence-electron chi connectivity index (χ1n) is 11.7. The summed E-state index contributed by atoms with van der Waals surface area (Å²) in [6.45, 7) is 5.97. The number of aliphatic hydroxyl groups excluding tert-OH is 1. The van der Waals surface area contributed by atoms with Crippen molar-refractivity contribution in [3.8, 4) is 11.5 Å². The van der Waals surface area contributed by atoms with Crippen LogP contribution in [0.1, 0.15) is 50.3 Å². The molecule has 0 spiro atoms. The first-order valence-corrected chi connectivity index (χ1v) is 11.7. The lowest BCUT2D eigenvalue weighted by molar-refractivity contribution is -0.140. The smallest absolute Gasteiger partial charge is 0.295 e. The summed E-state index contributed by atoms with van der Waals surface area (Å²) in [6.07, 6.45) is 2.31. The first kappa shape index (κ1) is 25.3. The molecule has 0 bridgehead atoms. The number of hydrogen-bond acceptors (Lipinski definition) is 6. The zero-order valence-corrected chi connectivity index (χ0v) is 20.1. The zero-order chi connectivity index (χ0) is 24.5. The van der Waals surface area contributed by atoms with Crippen molar-refractivity contribution in [3.63, 3.8) is 0 Å². The fraction of sp³-hybridized carbons (Fsp3) is 0.407. The van der Waals surface area contributed by atoms with E-state index in [1.807, 2.05) is 38.1 Å². The fourth-order valence-corrected chi connectivity index (χ4v) is 3.91. The molecular formula is C27H33NO6.